The van der Waals surface area contributed by atoms with Crippen LogP contribution < -0.4 is 0 Å². The molecule has 0 N–H and O–H groups in total. The minimum absolute atomic E-state index is 0.579. The molecular weight excluding hydrogens is 218 g/mol. The fourth-order valence-electron chi connectivity index (χ4n) is 2.60. The zero-order chi connectivity index (χ0) is 13.1. The van der Waals surface area contributed by atoms with E-state index in [2.05, 4.69) is 69.3 Å². The molecular formula is C17H23N. The van der Waals surface area contributed by atoms with Gasteiger partial charge in [0.05, 0.1) is 0 Å². The van der Waals surface area contributed by atoms with Gasteiger partial charge in [-0.2, -0.15) is 0 Å². The number of hydrogen-bond donors (Lipinski definition) is 0. The van der Waals surface area contributed by atoms with Crippen molar-refractivity contribution in [3.05, 3.63) is 53.1 Å². The molecule has 0 aliphatic heterocycles. The van der Waals surface area contributed by atoms with Crippen molar-refractivity contribution in [1.29, 1.82) is 0 Å². The monoisotopic (exact) mass is 241 g/mol. The highest BCUT2D eigenvalue weighted by atomic mass is 15.0. The Kier molecular flexibility index (Phi) is 4.03. The van der Waals surface area contributed by atoms with Gasteiger partial charge in [0.15, 0.2) is 0 Å². The Hall–Kier alpha value is -1.34. The fraction of sp³-hybridized carbons (Fsp3) is 0.412. The summed E-state index contributed by atoms with van der Waals surface area (Å²) >= 11 is 0. The maximum absolute atomic E-state index is 2.28. The standard InChI is InChI=1S/C17H23N/c1-13(2)15-9-5-6-10-17(15)16-11-7-8-14(16)12-18(3)4/h5-10,13H,11-12H2,1-4H3. The van der Waals surface area contributed by atoms with Crippen LogP contribution in [-0.2, 0) is 0 Å². The van der Waals surface area contributed by atoms with E-state index in [1.54, 1.807) is 0 Å². The first-order chi connectivity index (χ1) is 8.59. The van der Waals surface area contributed by atoms with Gasteiger partial charge in [-0.25, -0.2) is 0 Å². The van der Waals surface area contributed by atoms with Crippen LogP contribution in [0.15, 0.2) is 42.0 Å². The highest BCUT2D eigenvalue weighted by molar-refractivity contribution is 5.77. The third-order valence-electron chi connectivity index (χ3n) is 3.42. The topological polar surface area (TPSA) is 3.24 Å². The molecule has 0 unspecified atom stereocenters. The maximum Gasteiger partial charge on any atom is 0.0230 e. The smallest absolute Gasteiger partial charge is 0.0230 e. The number of rotatable bonds is 4. The van der Waals surface area contributed by atoms with Crippen LogP contribution in [0.4, 0.5) is 0 Å². The van der Waals surface area contributed by atoms with Crippen molar-refractivity contribution in [3.63, 3.8) is 0 Å². The van der Waals surface area contributed by atoms with Crippen LogP contribution in [0.5, 0.6) is 0 Å². The molecule has 0 heterocycles. The summed E-state index contributed by atoms with van der Waals surface area (Å²) < 4.78 is 0. The van der Waals surface area contributed by atoms with Crippen LogP contribution in [0.1, 0.15) is 37.3 Å². The molecule has 2 rings (SSSR count). The normalized spacial score (nSPS) is 15.2. The van der Waals surface area contributed by atoms with Crippen LogP contribution >= 0.6 is 0 Å². The first kappa shape index (κ1) is 13.1. The van der Waals surface area contributed by atoms with Gasteiger partial charge in [-0.1, -0.05) is 50.3 Å². The second-order valence-corrected chi connectivity index (χ2v) is 5.59. The van der Waals surface area contributed by atoms with E-state index < -0.39 is 0 Å². The van der Waals surface area contributed by atoms with Gasteiger partial charge in [-0.3, -0.25) is 0 Å². The average Bonchev–Trinajstić information content (AvgIpc) is 2.76. The molecule has 1 aromatic carbocycles. The van der Waals surface area contributed by atoms with E-state index in [0.29, 0.717) is 5.92 Å². The average molecular weight is 241 g/mol. The molecule has 18 heavy (non-hydrogen) atoms. The Morgan fingerprint density at radius 1 is 1.17 bits per heavy atom. The summed E-state index contributed by atoms with van der Waals surface area (Å²) in [5.74, 6) is 0.579. The lowest BCUT2D eigenvalue weighted by molar-refractivity contribution is 0.450. The Bertz CT molecular complexity index is 478. The highest BCUT2D eigenvalue weighted by Crippen LogP contribution is 2.33. The lowest BCUT2D eigenvalue weighted by Gasteiger charge is -2.17. The Morgan fingerprint density at radius 2 is 1.89 bits per heavy atom. The Morgan fingerprint density at radius 3 is 2.56 bits per heavy atom. The summed E-state index contributed by atoms with van der Waals surface area (Å²) in [6.45, 7) is 5.57. The molecule has 0 atom stereocenters. The van der Waals surface area contributed by atoms with Crippen LogP contribution in [0.2, 0.25) is 0 Å². The van der Waals surface area contributed by atoms with Gasteiger partial charge in [0.2, 0.25) is 0 Å². The molecule has 1 nitrogen and oxygen atoms in total. The lowest BCUT2D eigenvalue weighted by Crippen LogP contribution is -2.14. The van der Waals surface area contributed by atoms with Crippen LogP contribution in [0.3, 0.4) is 0 Å². The molecule has 1 aromatic rings. The Labute approximate surface area is 111 Å². The number of nitrogens with zero attached hydrogens (tertiary/aromatic N) is 1. The molecule has 1 aliphatic carbocycles. The zero-order valence-corrected chi connectivity index (χ0v) is 11.9. The molecule has 0 saturated heterocycles. The third kappa shape index (κ3) is 2.73. The minimum Gasteiger partial charge on any atom is -0.305 e. The number of hydrogen-bond acceptors (Lipinski definition) is 1. The summed E-state index contributed by atoms with van der Waals surface area (Å²) in [6, 6.07) is 8.83. The van der Waals surface area contributed by atoms with Crippen molar-refractivity contribution in [1.82, 2.24) is 4.90 Å². The molecule has 96 valence electrons. The van der Waals surface area contributed by atoms with Crippen LogP contribution in [-0.4, -0.2) is 25.5 Å². The summed E-state index contributed by atoms with van der Waals surface area (Å²) in [5, 5.41) is 0. The largest absolute Gasteiger partial charge is 0.305 e. The van der Waals surface area contributed by atoms with Gasteiger partial charge in [0.1, 0.15) is 0 Å². The zero-order valence-electron chi connectivity index (χ0n) is 11.9. The quantitative estimate of drug-likeness (QED) is 0.767. The number of benzene rings is 1. The van der Waals surface area contributed by atoms with E-state index in [1.165, 1.54) is 22.3 Å². The predicted octanol–water partition coefficient (Wildman–Crippen LogP) is 4.09. The molecule has 0 saturated carbocycles. The van der Waals surface area contributed by atoms with Gasteiger partial charge >= 0.3 is 0 Å². The first-order valence-corrected chi connectivity index (χ1v) is 6.72. The van der Waals surface area contributed by atoms with E-state index in [-0.39, 0.29) is 0 Å². The van der Waals surface area contributed by atoms with Crippen LogP contribution in [0.25, 0.3) is 5.57 Å². The summed E-state index contributed by atoms with van der Waals surface area (Å²) in [7, 11) is 4.26. The van der Waals surface area contributed by atoms with Gasteiger partial charge in [-0.05, 0) is 48.7 Å². The Balaban J connectivity index is 2.42. The van der Waals surface area contributed by atoms with Gasteiger partial charge in [0.25, 0.3) is 0 Å². The molecule has 1 heteroatoms. The van der Waals surface area contributed by atoms with Crippen molar-refractivity contribution >= 4 is 5.57 Å². The second kappa shape index (κ2) is 5.53. The van der Waals surface area contributed by atoms with Crippen LogP contribution in [0, 0.1) is 0 Å². The van der Waals surface area contributed by atoms with Crippen molar-refractivity contribution in [2.24, 2.45) is 0 Å². The third-order valence-corrected chi connectivity index (χ3v) is 3.42. The molecule has 1 aliphatic rings. The van der Waals surface area contributed by atoms with E-state index in [9.17, 15) is 0 Å². The first-order valence-electron chi connectivity index (χ1n) is 6.72. The molecule has 0 bridgehead atoms. The predicted molar refractivity (Wildman–Crippen MR) is 79.8 cm³/mol. The SMILES string of the molecule is CC(C)c1ccccc1C1=C(CN(C)C)C=CC1. The summed E-state index contributed by atoms with van der Waals surface area (Å²) in [4.78, 5) is 2.24. The molecule has 0 fully saturated rings. The molecule has 0 radical (unpaired) electrons. The molecule has 0 amide bonds. The van der Waals surface area contributed by atoms with Crippen molar-refractivity contribution in [3.8, 4) is 0 Å². The second-order valence-electron chi connectivity index (χ2n) is 5.59. The van der Waals surface area contributed by atoms with Gasteiger partial charge in [0, 0.05) is 6.54 Å². The van der Waals surface area contributed by atoms with E-state index >= 15 is 0 Å². The van der Waals surface area contributed by atoms with Gasteiger partial charge in [-0.15, -0.1) is 0 Å². The number of likely N-dealkylation sites (N-methyl/N-ethyl adjacent to an activating group) is 1. The van der Waals surface area contributed by atoms with E-state index in [1.807, 2.05) is 0 Å². The lowest BCUT2D eigenvalue weighted by atomic mass is 9.90. The van der Waals surface area contributed by atoms with Crippen molar-refractivity contribution in [2.45, 2.75) is 26.2 Å². The van der Waals surface area contributed by atoms with Crippen molar-refractivity contribution < 1.29 is 0 Å². The molecule has 0 aromatic heterocycles. The molecule has 0 spiro atoms. The minimum atomic E-state index is 0.579. The summed E-state index contributed by atoms with van der Waals surface area (Å²) in [6.07, 6.45) is 5.64. The fourth-order valence-corrected chi connectivity index (χ4v) is 2.60. The highest BCUT2D eigenvalue weighted by Gasteiger charge is 2.15. The maximum atomic E-state index is 2.28. The summed E-state index contributed by atoms with van der Waals surface area (Å²) in [5.41, 5.74) is 5.88. The number of allylic oxidation sites excluding steroid dienone is 2. The van der Waals surface area contributed by atoms with E-state index in [0.717, 1.165) is 13.0 Å². The van der Waals surface area contributed by atoms with Crippen molar-refractivity contribution in [2.75, 3.05) is 20.6 Å². The van der Waals surface area contributed by atoms with E-state index in [4.69, 9.17) is 0 Å². The van der Waals surface area contributed by atoms with Gasteiger partial charge < -0.3 is 4.90 Å².